The molecule has 5 rings (SSSR count). The van der Waals surface area contributed by atoms with Crippen molar-refractivity contribution in [1.29, 1.82) is 0 Å². The minimum atomic E-state index is 0.337. The van der Waals surface area contributed by atoms with Crippen molar-refractivity contribution in [3.63, 3.8) is 0 Å². The van der Waals surface area contributed by atoms with Crippen LogP contribution in [0.4, 0.5) is 11.9 Å². The van der Waals surface area contributed by atoms with Crippen molar-refractivity contribution in [1.82, 2.24) is 29.5 Å². The molecule has 4 heterocycles. The number of fused-ring (bicyclic) bond motifs is 1. The highest BCUT2D eigenvalue weighted by Gasteiger charge is 2.25. The van der Waals surface area contributed by atoms with E-state index in [4.69, 9.17) is 9.97 Å². The molecule has 0 radical (unpaired) electrons. The number of halogens is 1. The number of hydrogen-bond donors (Lipinski definition) is 2. The molecule has 1 aromatic carbocycles. The number of benzene rings is 1. The Balaban J connectivity index is 1.32. The Morgan fingerprint density at radius 2 is 1.97 bits per heavy atom. The van der Waals surface area contributed by atoms with E-state index in [-0.39, 0.29) is 0 Å². The van der Waals surface area contributed by atoms with Crippen molar-refractivity contribution in [2.24, 2.45) is 0 Å². The van der Waals surface area contributed by atoms with Crippen molar-refractivity contribution in [3.8, 4) is 11.3 Å². The number of rotatable bonds is 7. The lowest BCUT2D eigenvalue weighted by atomic mass is 10.1. The molecule has 0 bridgehead atoms. The minimum absolute atomic E-state index is 0.337. The highest BCUT2D eigenvalue weighted by molar-refractivity contribution is 9.10. The first-order valence-corrected chi connectivity index (χ1v) is 12.0. The fourth-order valence-electron chi connectivity index (χ4n) is 4.09. The van der Waals surface area contributed by atoms with E-state index in [2.05, 4.69) is 79.7 Å². The third-order valence-electron chi connectivity index (χ3n) is 5.97. The second-order valence-corrected chi connectivity index (χ2v) is 9.44. The van der Waals surface area contributed by atoms with Crippen molar-refractivity contribution < 1.29 is 0 Å². The highest BCUT2D eigenvalue weighted by atomic mass is 79.9. The van der Waals surface area contributed by atoms with E-state index in [0.29, 0.717) is 30.5 Å². The normalized spacial score (nSPS) is 16.5. The first-order chi connectivity index (χ1) is 16.1. The van der Waals surface area contributed by atoms with E-state index in [1.807, 2.05) is 24.4 Å². The number of likely N-dealkylation sites (tertiary alicyclic amines) is 1. The second-order valence-electron chi connectivity index (χ2n) is 8.58. The predicted molar refractivity (Wildman–Crippen MR) is 134 cm³/mol. The standard InChI is InChI=1S/C24H27BrN8/c1-16(2)32-12-10-19(15-32)29-23-30-22-20(25)14-28-33(22)24(31-23)27-13-17-6-8-18(9-7-17)21-5-3-4-11-26-21/h3-9,11,14,16,19H,10,12-13,15H2,1-2H3,(H2,27,29,30,31)/t19-/m1/s1. The molecule has 1 atom stereocenters. The summed E-state index contributed by atoms with van der Waals surface area (Å²) >= 11 is 3.56. The highest BCUT2D eigenvalue weighted by Crippen LogP contribution is 2.23. The van der Waals surface area contributed by atoms with Crippen LogP contribution in [0.5, 0.6) is 0 Å². The number of anilines is 2. The SMILES string of the molecule is CC(C)N1CC[C@@H](Nc2nc(NCc3ccc(-c4ccccn4)cc3)n3ncc(Br)c3n2)C1. The van der Waals surface area contributed by atoms with E-state index in [9.17, 15) is 0 Å². The Bertz CT molecular complexity index is 1220. The Hall–Kier alpha value is -3.04. The molecule has 3 aromatic heterocycles. The van der Waals surface area contributed by atoms with Gasteiger partial charge in [0, 0.05) is 43.5 Å². The van der Waals surface area contributed by atoms with Crippen LogP contribution in [0.1, 0.15) is 25.8 Å². The first-order valence-electron chi connectivity index (χ1n) is 11.2. The molecule has 0 amide bonds. The summed E-state index contributed by atoms with van der Waals surface area (Å²) < 4.78 is 2.57. The molecule has 33 heavy (non-hydrogen) atoms. The average molecular weight is 507 g/mol. The molecular weight excluding hydrogens is 480 g/mol. The van der Waals surface area contributed by atoms with Gasteiger partial charge in [0.25, 0.3) is 0 Å². The van der Waals surface area contributed by atoms with Crippen LogP contribution < -0.4 is 10.6 Å². The molecule has 2 N–H and O–H groups in total. The van der Waals surface area contributed by atoms with Crippen LogP contribution in [0, 0.1) is 0 Å². The van der Waals surface area contributed by atoms with Gasteiger partial charge in [-0.3, -0.25) is 9.88 Å². The maximum atomic E-state index is 4.75. The summed E-state index contributed by atoms with van der Waals surface area (Å²) in [5.74, 6) is 1.27. The van der Waals surface area contributed by atoms with Gasteiger partial charge in [-0.1, -0.05) is 30.3 Å². The van der Waals surface area contributed by atoms with Gasteiger partial charge in [-0.25, -0.2) is 0 Å². The molecule has 0 aliphatic carbocycles. The van der Waals surface area contributed by atoms with Crippen LogP contribution in [0.2, 0.25) is 0 Å². The Labute approximate surface area is 201 Å². The first kappa shape index (κ1) is 21.8. The molecule has 1 fully saturated rings. The van der Waals surface area contributed by atoms with Crippen LogP contribution >= 0.6 is 15.9 Å². The van der Waals surface area contributed by atoms with Gasteiger partial charge in [0.2, 0.25) is 11.9 Å². The average Bonchev–Trinajstić information content (AvgIpc) is 3.46. The molecule has 0 spiro atoms. The molecule has 9 heteroatoms. The third kappa shape index (κ3) is 4.84. The maximum Gasteiger partial charge on any atom is 0.229 e. The van der Waals surface area contributed by atoms with Gasteiger partial charge in [-0.15, -0.1) is 0 Å². The largest absolute Gasteiger partial charge is 0.350 e. The zero-order valence-electron chi connectivity index (χ0n) is 18.7. The van der Waals surface area contributed by atoms with Crippen LogP contribution in [-0.2, 0) is 6.54 Å². The molecule has 0 saturated carbocycles. The molecule has 1 aliphatic heterocycles. The van der Waals surface area contributed by atoms with Gasteiger partial charge in [0.05, 0.1) is 16.4 Å². The molecular formula is C24H27BrN8. The molecule has 4 aromatic rings. The van der Waals surface area contributed by atoms with Gasteiger partial charge < -0.3 is 10.6 Å². The van der Waals surface area contributed by atoms with Gasteiger partial charge in [-0.2, -0.15) is 19.6 Å². The number of nitrogens with one attached hydrogen (secondary N) is 2. The van der Waals surface area contributed by atoms with Crippen LogP contribution in [0.3, 0.4) is 0 Å². The topological polar surface area (TPSA) is 83.3 Å². The lowest BCUT2D eigenvalue weighted by molar-refractivity contribution is 0.274. The van der Waals surface area contributed by atoms with Crippen LogP contribution in [-0.4, -0.2) is 54.6 Å². The number of pyridine rings is 1. The summed E-state index contributed by atoms with van der Waals surface area (Å²) in [6.45, 7) is 7.18. The van der Waals surface area contributed by atoms with Crippen molar-refractivity contribution in [2.75, 3.05) is 23.7 Å². The number of aromatic nitrogens is 5. The van der Waals surface area contributed by atoms with E-state index in [1.165, 1.54) is 0 Å². The lowest BCUT2D eigenvalue weighted by Crippen LogP contribution is -2.31. The van der Waals surface area contributed by atoms with Gasteiger partial charge in [-0.05, 0) is 53.9 Å². The summed E-state index contributed by atoms with van der Waals surface area (Å²) in [7, 11) is 0. The zero-order chi connectivity index (χ0) is 22.8. The zero-order valence-corrected chi connectivity index (χ0v) is 20.3. The van der Waals surface area contributed by atoms with Crippen molar-refractivity contribution >= 4 is 33.5 Å². The smallest absolute Gasteiger partial charge is 0.229 e. The fourth-order valence-corrected chi connectivity index (χ4v) is 4.44. The number of hydrogen-bond acceptors (Lipinski definition) is 7. The van der Waals surface area contributed by atoms with E-state index in [0.717, 1.165) is 46.5 Å². The van der Waals surface area contributed by atoms with Crippen molar-refractivity contribution in [2.45, 2.75) is 38.9 Å². The Morgan fingerprint density at radius 1 is 1.12 bits per heavy atom. The summed E-state index contributed by atoms with van der Waals surface area (Å²) in [5, 5.41) is 11.4. The monoisotopic (exact) mass is 506 g/mol. The van der Waals surface area contributed by atoms with Crippen LogP contribution in [0.25, 0.3) is 16.9 Å². The van der Waals surface area contributed by atoms with Crippen molar-refractivity contribution in [3.05, 3.63) is 64.9 Å². The summed E-state index contributed by atoms with van der Waals surface area (Å²) in [5.41, 5.74) is 3.94. The predicted octanol–water partition coefficient (Wildman–Crippen LogP) is 4.46. The van der Waals surface area contributed by atoms with E-state index >= 15 is 0 Å². The quantitative estimate of drug-likeness (QED) is 0.382. The summed E-state index contributed by atoms with van der Waals surface area (Å²) in [4.78, 5) is 16.3. The third-order valence-corrected chi connectivity index (χ3v) is 6.53. The van der Waals surface area contributed by atoms with E-state index < -0.39 is 0 Å². The maximum absolute atomic E-state index is 4.75. The fraction of sp³-hybridized carbons (Fsp3) is 0.333. The second kappa shape index (κ2) is 9.44. The summed E-state index contributed by atoms with van der Waals surface area (Å²) in [6, 6.07) is 15.2. The lowest BCUT2D eigenvalue weighted by Gasteiger charge is -2.20. The van der Waals surface area contributed by atoms with Gasteiger partial charge >= 0.3 is 0 Å². The van der Waals surface area contributed by atoms with Gasteiger partial charge in [0.15, 0.2) is 5.65 Å². The van der Waals surface area contributed by atoms with Gasteiger partial charge in [0.1, 0.15) is 0 Å². The number of nitrogens with zero attached hydrogens (tertiary/aromatic N) is 6. The molecule has 1 saturated heterocycles. The molecule has 1 aliphatic rings. The molecule has 170 valence electrons. The minimum Gasteiger partial charge on any atom is -0.350 e. The Kier molecular flexibility index (Phi) is 6.24. The van der Waals surface area contributed by atoms with Crippen LogP contribution in [0.15, 0.2) is 59.3 Å². The molecule has 8 nitrogen and oxygen atoms in total. The van der Waals surface area contributed by atoms with E-state index in [1.54, 1.807) is 10.7 Å². The molecule has 0 unspecified atom stereocenters. The Morgan fingerprint density at radius 3 is 2.70 bits per heavy atom. The summed E-state index contributed by atoms with van der Waals surface area (Å²) in [6.07, 6.45) is 4.64.